The van der Waals surface area contributed by atoms with Gasteiger partial charge in [0.2, 0.25) is 0 Å². The topological polar surface area (TPSA) is 0 Å². The van der Waals surface area contributed by atoms with Crippen LogP contribution in [0.4, 0.5) is 0 Å². The number of fused-ring (bicyclic) bond motifs is 2. The average molecular weight is 182 g/mol. The van der Waals surface area contributed by atoms with E-state index >= 15 is 0 Å². The molecule has 0 aromatic rings. The molecule has 0 radical (unpaired) electrons. The predicted octanol–water partition coefficient (Wildman–Crippen LogP) is 3.76. The van der Waals surface area contributed by atoms with Gasteiger partial charge in [-0.05, 0) is 37.0 Å². The lowest BCUT2D eigenvalue weighted by Gasteiger charge is -2.27. The molecule has 0 heterocycles. The Morgan fingerprint density at radius 2 is 1.83 bits per heavy atom. The molecule has 0 aliphatic heterocycles. The third kappa shape index (κ3) is 1.76. The standard InChI is InChI=1S/C11H22Si/c1-12(2,3)8-11-7-9-4-5-10(11)6-9/h9-11H,4-8H2,1-3H3/t9-,10+,11-/m0/s1. The van der Waals surface area contributed by atoms with Crippen molar-refractivity contribution in [3.05, 3.63) is 0 Å². The van der Waals surface area contributed by atoms with Crippen molar-refractivity contribution in [3.8, 4) is 0 Å². The zero-order chi connectivity index (χ0) is 8.77. The van der Waals surface area contributed by atoms with Crippen molar-refractivity contribution in [2.24, 2.45) is 17.8 Å². The maximum Gasteiger partial charge on any atom is 0.0445 e. The van der Waals surface area contributed by atoms with Crippen molar-refractivity contribution in [3.63, 3.8) is 0 Å². The molecule has 2 fully saturated rings. The van der Waals surface area contributed by atoms with E-state index in [2.05, 4.69) is 19.6 Å². The van der Waals surface area contributed by atoms with Crippen LogP contribution in [0.25, 0.3) is 0 Å². The molecule has 0 unspecified atom stereocenters. The Labute approximate surface area is 77.8 Å². The van der Waals surface area contributed by atoms with E-state index in [0.29, 0.717) is 0 Å². The summed E-state index contributed by atoms with van der Waals surface area (Å²) in [6, 6.07) is 1.61. The number of rotatable bonds is 2. The van der Waals surface area contributed by atoms with Gasteiger partial charge in [-0.15, -0.1) is 0 Å². The number of hydrogen-bond donors (Lipinski definition) is 0. The Hall–Kier alpha value is 0.217. The van der Waals surface area contributed by atoms with E-state index in [4.69, 9.17) is 0 Å². The SMILES string of the molecule is C[Si](C)(C)C[C@@H]1C[C@H]2CC[C@@H]1C2. The van der Waals surface area contributed by atoms with Gasteiger partial charge in [0, 0.05) is 8.07 Å². The predicted molar refractivity (Wildman–Crippen MR) is 57.1 cm³/mol. The van der Waals surface area contributed by atoms with Gasteiger partial charge in [0.05, 0.1) is 0 Å². The summed E-state index contributed by atoms with van der Waals surface area (Å²) in [4.78, 5) is 0. The van der Waals surface area contributed by atoms with Crippen molar-refractivity contribution < 1.29 is 0 Å². The first-order valence-electron chi connectivity index (χ1n) is 5.54. The highest BCUT2D eigenvalue weighted by Crippen LogP contribution is 2.50. The molecular weight excluding hydrogens is 160 g/mol. The van der Waals surface area contributed by atoms with Crippen LogP contribution in [0.15, 0.2) is 0 Å². The maximum absolute atomic E-state index is 2.53. The molecule has 0 nitrogen and oxygen atoms in total. The summed E-state index contributed by atoms with van der Waals surface area (Å²) in [5.41, 5.74) is 0. The minimum absolute atomic E-state index is 0.760. The first-order valence-corrected chi connectivity index (χ1v) is 9.25. The first-order chi connectivity index (χ1) is 5.54. The second kappa shape index (κ2) is 2.86. The molecule has 1 heteroatoms. The summed E-state index contributed by atoms with van der Waals surface area (Å²) < 4.78 is 0. The van der Waals surface area contributed by atoms with Crippen molar-refractivity contribution in [1.82, 2.24) is 0 Å². The third-order valence-corrected chi connectivity index (χ3v) is 5.51. The van der Waals surface area contributed by atoms with Gasteiger partial charge in [-0.2, -0.15) is 0 Å². The Bertz CT molecular complexity index is 168. The second-order valence-corrected chi connectivity index (χ2v) is 11.7. The van der Waals surface area contributed by atoms with Crippen LogP contribution in [0.5, 0.6) is 0 Å². The Balaban J connectivity index is 1.91. The molecule has 2 rings (SSSR count). The zero-order valence-electron chi connectivity index (χ0n) is 8.77. The fourth-order valence-corrected chi connectivity index (χ4v) is 5.49. The molecule has 0 aromatic carbocycles. The summed E-state index contributed by atoms with van der Waals surface area (Å²) in [6.45, 7) is 7.58. The van der Waals surface area contributed by atoms with Crippen LogP contribution in [-0.4, -0.2) is 8.07 Å². The molecule has 3 atom stereocenters. The fraction of sp³-hybridized carbons (Fsp3) is 1.00. The largest absolute Gasteiger partial charge is 0.0695 e. The highest BCUT2D eigenvalue weighted by Gasteiger charge is 2.40. The second-order valence-electron chi connectivity index (χ2n) is 6.20. The molecule has 2 aliphatic rings. The zero-order valence-corrected chi connectivity index (χ0v) is 9.77. The summed E-state index contributed by atoms with van der Waals surface area (Å²) in [7, 11) is -0.760. The number of hydrogen-bond acceptors (Lipinski definition) is 0. The van der Waals surface area contributed by atoms with Crippen LogP contribution < -0.4 is 0 Å². The molecule has 0 N–H and O–H groups in total. The lowest BCUT2D eigenvalue weighted by Crippen LogP contribution is -2.26. The van der Waals surface area contributed by atoms with Gasteiger partial charge in [-0.1, -0.05) is 32.1 Å². The van der Waals surface area contributed by atoms with Gasteiger partial charge in [-0.3, -0.25) is 0 Å². The van der Waals surface area contributed by atoms with Gasteiger partial charge >= 0.3 is 0 Å². The third-order valence-electron chi connectivity index (χ3n) is 3.76. The fourth-order valence-electron chi connectivity index (χ4n) is 3.41. The lowest BCUT2D eigenvalue weighted by molar-refractivity contribution is 0.357. The summed E-state index contributed by atoms with van der Waals surface area (Å²) in [6.07, 6.45) is 6.32. The summed E-state index contributed by atoms with van der Waals surface area (Å²) >= 11 is 0. The van der Waals surface area contributed by atoms with Gasteiger partial charge in [0.25, 0.3) is 0 Å². The highest BCUT2D eigenvalue weighted by molar-refractivity contribution is 6.76. The minimum atomic E-state index is -0.760. The van der Waals surface area contributed by atoms with E-state index < -0.39 is 8.07 Å². The molecule has 0 saturated heterocycles. The minimum Gasteiger partial charge on any atom is -0.0695 e. The molecule has 2 aliphatic carbocycles. The van der Waals surface area contributed by atoms with E-state index in [1.54, 1.807) is 31.7 Å². The van der Waals surface area contributed by atoms with Crippen LogP contribution in [0.1, 0.15) is 25.7 Å². The lowest BCUT2D eigenvalue weighted by atomic mass is 9.90. The van der Waals surface area contributed by atoms with E-state index in [1.807, 2.05) is 0 Å². The van der Waals surface area contributed by atoms with Crippen LogP contribution in [0, 0.1) is 17.8 Å². The smallest absolute Gasteiger partial charge is 0.0445 e. The van der Waals surface area contributed by atoms with Gasteiger partial charge < -0.3 is 0 Å². The van der Waals surface area contributed by atoms with Crippen LogP contribution in [0.3, 0.4) is 0 Å². The van der Waals surface area contributed by atoms with Crippen LogP contribution >= 0.6 is 0 Å². The molecule has 0 amide bonds. The van der Waals surface area contributed by atoms with Gasteiger partial charge in [0.1, 0.15) is 0 Å². The van der Waals surface area contributed by atoms with Crippen LogP contribution in [-0.2, 0) is 0 Å². The Kier molecular flexibility index (Phi) is 2.10. The first kappa shape index (κ1) is 8.80. The molecular formula is C11H22Si. The monoisotopic (exact) mass is 182 g/mol. The van der Waals surface area contributed by atoms with Crippen LogP contribution in [0.2, 0.25) is 25.7 Å². The Morgan fingerprint density at radius 3 is 2.25 bits per heavy atom. The van der Waals surface area contributed by atoms with Gasteiger partial charge in [-0.25, -0.2) is 0 Å². The van der Waals surface area contributed by atoms with Crippen molar-refractivity contribution in [2.45, 2.75) is 51.4 Å². The summed E-state index contributed by atoms with van der Waals surface area (Å²) in [5, 5.41) is 0. The maximum atomic E-state index is 2.53. The Morgan fingerprint density at radius 1 is 1.08 bits per heavy atom. The molecule has 0 aromatic heterocycles. The van der Waals surface area contributed by atoms with E-state index in [9.17, 15) is 0 Å². The molecule has 12 heavy (non-hydrogen) atoms. The highest BCUT2D eigenvalue weighted by atomic mass is 28.3. The van der Waals surface area contributed by atoms with Crippen molar-refractivity contribution in [1.29, 1.82) is 0 Å². The average Bonchev–Trinajstić information content (AvgIpc) is 2.42. The normalized spacial score (nSPS) is 40.8. The molecule has 0 spiro atoms. The van der Waals surface area contributed by atoms with Gasteiger partial charge in [0.15, 0.2) is 0 Å². The van der Waals surface area contributed by atoms with E-state index in [0.717, 1.165) is 17.8 Å². The van der Waals surface area contributed by atoms with Crippen molar-refractivity contribution in [2.75, 3.05) is 0 Å². The van der Waals surface area contributed by atoms with E-state index in [-0.39, 0.29) is 0 Å². The van der Waals surface area contributed by atoms with E-state index in [1.165, 1.54) is 0 Å². The summed E-state index contributed by atoms with van der Waals surface area (Å²) in [5.74, 6) is 3.45. The van der Waals surface area contributed by atoms with Crippen molar-refractivity contribution >= 4 is 8.07 Å². The molecule has 2 bridgehead atoms. The molecule has 70 valence electrons. The molecule has 2 saturated carbocycles. The quantitative estimate of drug-likeness (QED) is 0.570.